The average molecular weight is 382 g/mol. The summed E-state index contributed by atoms with van der Waals surface area (Å²) in [5.41, 5.74) is 2.06. The Morgan fingerprint density at radius 2 is 2.04 bits per heavy atom. The van der Waals surface area contributed by atoms with E-state index >= 15 is 0 Å². The van der Waals surface area contributed by atoms with E-state index in [1.807, 2.05) is 37.3 Å². The molecule has 0 unspecified atom stereocenters. The largest absolute Gasteiger partial charge is 0.458 e. The van der Waals surface area contributed by atoms with Crippen LogP contribution < -0.4 is 5.56 Å². The van der Waals surface area contributed by atoms with Crippen molar-refractivity contribution in [1.82, 2.24) is 9.97 Å². The van der Waals surface area contributed by atoms with E-state index in [1.54, 1.807) is 11.3 Å². The topological polar surface area (TPSA) is 72.0 Å². The second kappa shape index (κ2) is 7.64. The van der Waals surface area contributed by atoms with Gasteiger partial charge in [-0.05, 0) is 43.7 Å². The molecule has 0 saturated carbocycles. The summed E-state index contributed by atoms with van der Waals surface area (Å²) in [6.45, 7) is 1.86. The Bertz CT molecular complexity index is 1020. The fourth-order valence-corrected chi connectivity index (χ4v) is 4.88. The van der Waals surface area contributed by atoms with Gasteiger partial charge in [0.2, 0.25) is 0 Å². The zero-order valence-electron chi connectivity index (χ0n) is 15.3. The number of aromatic amines is 1. The van der Waals surface area contributed by atoms with E-state index in [1.165, 1.54) is 16.9 Å². The van der Waals surface area contributed by atoms with Crippen molar-refractivity contribution in [2.75, 3.05) is 0 Å². The molecule has 3 aromatic rings. The van der Waals surface area contributed by atoms with Gasteiger partial charge in [-0.25, -0.2) is 4.98 Å². The van der Waals surface area contributed by atoms with Gasteiger partial charge in [0.1, 0.15) is 16.8 Å². The fraction of sp³-hybridized carbons (Fsp3) is 0.381. The van der Waals surface area contributed by atoms with Crippen LogP contribution in [0.15, 0.2) is 35.1 Å². The molecular weight excluding hydrogens is 360 g/mol. The third-order valence-electron chi connectivity index (χ3n) is 5.02. The lowest BCUT2D eigenvalue weighted by molar-refractivity contribution is -0.148. The van der Waals surface area contributed by atoms with Crippen LogP contribution in [-0.2, 0) is 28.8 Å². The molecule has 0 bridgehead atoms. The van der Waals surface area contributed by atoms with Crippen molar-refractivity contribution in [3.8, 4) is 0 Å². The maximum absolute atomic E-state index is 12.5. The lowest BCUT2D eigenvalue weighted by atomic mass is 9.97. The van der Waals surface area contributed by atoms with E-state index in [2.05, 4.69) is 9.97 Å². The van der Waals surface area contributed by atoms with Gasteiger partial charge in [-0.3, -0.25) is 9.59 Å². The van der Waals surface area contributed by atoms with Gasteiger partial charge < -0.3 is 9.72 Å². The van der Waals surface area contributed by atoms with Crippen LogP contribution in [-0.4, -0.2) is 15.9 Å². The molecule has 6 heteroatoms. The maximum Gasteiger partial charge on any atom is 0.306 e. The average Bonchev–Trinajstić information content (AvgIpc) is 3.06. The molecule has 1 aliphatic rings. The van der Waals surface area contributed by atoms with Gasteiger partial charge in [-0.2, -0.15) is 0 Å². The molecule has 0 saturated heterocycles. The summed E-state index contributed by atoms with van der Waals surface area (Å²) in [7, 11) is 0. The lowest BCUT2D eigenvalue weighted by Crippen LogP contribution is -2.15. The predicted octanol–water partition coefficient (Wildman–Crippen LogP) is 4.10. The summed E-state index contributed by atoms with van der Waals surface area (Å²) in [6.07, 6.45) is 4.57. The molecule has 4 rings (SSSR count). The van der Waals surface area contributed by atoms with Crippen LogP contribution >= 0.6 is 11.3 Å². The highest BCUT2D eigenvalue weighted by atomic mass is 32.1. The van der Waals surface area contributed by atoms with Crippen molar-refractivity contribution < 1.29 is 9.53 Å². The van der Waals surface area contributed by atoms with Crippen LogP contribution in [0.4, 0.5) is 0 Å². The number of aryl methyl sites for hydroxylation is 3. The number of nitrogens with one attached hydrogen (secondary N) is 1. The van der Waals surface area contributed by atoms with Crippen molar-refractivity contribution in [1.29, 1.82) is 0 Å². The molecule has 0 amide bonds. The van der Waals surface area contributed by atoms with Gasteiger partial charge in [-0.1, -0.05) is 30.3 Å². The van der Waals surface area contributed by atoms with Crippen LogP contribution in [0.2, 0.25) is 0 Å². The molecule has 140 valence electrons. The minimum Gasteiger partial charge on any atom is -0.458 e. The van der Waals surface area contributed by atoms with Crippen molar-refractivity contribution in [2.24, 2.45) is 0 Å². The lowest BCUT2D eigenvalue weighted by Gasteiger charge is -2.13. The molecule has 1 atom stereocenters. The number of hydrogen-bond donors (Lipinski definition) is 1. The number of fused-ring (bicyclic) bond motifs is 3. The standard InChI is InChI=1S/C21H22N2O3S/c1-13(14-7-3-2-4-8-14)26-18(24)12-11-17-22-20(25)19-15-9-5-6-10-16(15)27-21(19)23-17/h2-4,7-8,13H,5-6,9-12H2,1H3,(H,22,23,25)/t13-/m1/s1. The van der Waals surface area contributed by atoms with Gasteiger partial charge in [0.25, 0.3) is 5.56 Å². The van der Waals surface area contributed by atoms with Crippen LogP contribution in [0.25, 0.3) is 10.2 Å². The van der Waals surface area contributed by atoms with Crippen LogP contribution in [0.5, 0.6) is 0 Å². The Balaban J connectivity index is 1.44. The summed E-state index contributed by atoms with van der Waals surface area (Å²) < 4.78 is 5.49. The number of carbonyl (C=O) groups excluding carboxylic acids is 1. The number of rotatable bonds is 5. The summed E-state index contributed by atoms with van der Waals surface area (Å²) in [5.74, 6) is 0.259. The normalized spacial score (nSPS) is 14.7. The van der Waals surface area contributed by atoms with Gasteiger partial charge in [0.15, 0.2) is 0 Å². The van der Waals surface area contributed by atoms with Crippen LogP contribution in [0, 0.1) is 0 Å². The van der Waals surface area contributed by atoms with Crippen LogP contribution in [0.3, 0.4) is 0 Å². The van der Waals surface area contributed by atoms with Gasteiger partial charge in [0, 0.05) is 11.3 Å². The number of carbonyl (C=O) groups is 1. The molecular formula is C21H22N2O3S. The highest BCUT2D eigenvalue weighted by molar-refractivity contribution is 7.18. The molecule has 1 N–H and O–H groups in total. The van der Waals surface area contributed by atoms with Crippen molar-refractivity contribution in [3.05, 3.63) is 62.5 Å². The van der Waals surface area contributed by atoms with Crippen molar-refractivity contribution >= 4 is 27.5 Å². The molecule has 0 radical (unpaired) electrons. The van der Waals surface area contributed by atoms with E-state index in [4.69, 9.17) is 4.74 Å². The summed E-state index contributed by atoms with van der Waals surface area (Å²) in [5, 5.41) is 0.749. The third-order valence-corrected chi connectivity index (χ3v) is 6.20. The second-order valence-electron chi connectivity index (χ2n) is 6.95. The van der Waals surface area contributed by atoms with Gasteiger partial charge >= 0.3 is 5.97 Å². The number of thiophene rings is 1. The van der Waals surface area contributed by atoms with E-state index < -0.39 is 0 Å². The first-order valence-electron chi connectivity index (χ1n) is 9.39. The van der Waals surface area contributed by atoms with Crippen molar-refractivity contribution in [2.45, 2.75) is 51.6 Å². The minimum absolute atomic E-state index is 0.0829. The van der Waals surface area contributed by atoms with Gasteiger partial charge in [0.05, 0.1) is 11.8 Å². The fourth-order valence-electron chi connectivity index (χ4n) is 3.60. The zero-order chi connectivity index (χ0) is 18.8. The molecule has 0 fully saturated rings. The Morgan fingerprint density at radius 1 is 1.26 bits per heavy atom. The number of hydrogen-bond acceptors (Lipinski definition) is 5. The highest BCUT2D eigenvalue weighted by Crippen LogP contribution is 2.33. The Morgan fingerprint density at radius 3 is 2.85 bits per heavy atom. The first-order chi connectivity index (χ1) is 13.1. The molecule has 27 heavy (non-hydrogen) atoms. The quantitative estimate of drug-likeness (QED) is 0.674. The minimum atomic E-state index is -0.294. The highest BCUT2D eigenvalue weighted by Gasteiger charge is 2.20. The number of H-pyrrole nitrogens is 1. The molecule has 1 aliphatic carbocycles. The molecule has 5 nitrogen and oxygen atoms in total. The third kappa shape index (κ3) is 3.81. The number of esters is 1. The summed E-state index contributed by atoms with van der Waals surface area (Å²) in [4.78, 5) is 34.3. The van der Waals surface area contributed by atoms with E-state index in [0.717, 1.165) is 35.0 Å². The number of benzene rings is 1. The second-order valence-corrected chi connectivity index (χ2v) is 8.03. The predicted molar refractivity (Wildman–Crippen MR) is 106 cm³/mol. The first kappa shape index (κ1) is 17.9. The maximum atomic E-state index is 12.5. The van der Waals surface area contributed by atoms with Crippen LogP contribution in [0.1, 0.15) is 54.1 Å². The number of aromatic nitrogens is 2. The Kier molecular flexibility index (Phi) is 5.07. The summed E-state index contributed by atoms with van der Waals surface area (Å²) in [6, 6.07) is 9.64. The molecule has 2 heterocycles. The zero-order valence-corrected chi connectivity index (χ0v) is 16.1. The number of nitrogens with zero attached hydrogens (tertiary/aromatic N) is 1. The smallest absolute Gasteiger partial charge is 0.306 e. The number of ether oxygens (including phenoxy) is 1. The van der Waals surface area contributed by atoms with E-state index in [0.29, 0.717) is 12.2 Å². The molecule has 0 aliphatic heterocycles. The van der Waals surface area contributed by atoms with Crippen molar-refractivity contribution in [3.63, 3.8) is 0 Å². The molecule has 2 aromatic heterocycles. The van der Waals surface area contributed by atoms with E-state index in [9.17, 15) is 9.59 Å². The SMILES string of the molecule is C[C@@H](OC(=O)CCc1nc2sc3c(c2c(=O)[nH]1)CCCC3)c1ccccc1. The first-order valence-corrected chi connectivity index (χ1v) is 10.2. The van der Waals surface area contributed by atoms with Gasteiger partial charge in [-0.15, -0.1) is 11.3 Å². The summed E-state index contributed by atoms with van der Waals surface area (Å²) >= 11 is 1.62. The molecule has 0 spiro atoms. The Hall–Kier alpha value is -2.47. The molecule has 1 aromatic carbocycles. The Labute approximate surface area is 161 Å². The van der Waals surface area contributed by atoms with E-state index in [-0.39, 0.29) is 24.1 Å². The monoisotopic (exact) mass is 382 g/mol.